The highest BCUT2D eigenvalue weighted by Gasteiger charge is 2.29. The van der Waals surface area contributed by atoms with E-state index < -0.39 is 10.0 Å². The molecule has 30 heavy (non-hydrogen) atoms. The van der Waals surface area contributed by atoms with Crippen molar-refractivity contribution < 1.29 is 18.0 Å². The molecule has 3 aliphatic rings. The molecule has 0 atom stereocenters. The van der Waals surface area contributed by atoms with Gasteiger partial charge in [0.1, 0.15) is 5.84 Å². The average Bonchev–Trinajstić information content (AvgIpc) is 2.77. The maximum atomic E-state index is 12.9. The van der Waals surface area contributed by atoms with E-state index in [4.69, 9.17) is 0 Å². The second kappa shape index (κ2) is 8.06. The summed E-state index contributed by atoms with van der Waals surface area (Å²) in [5.41, 5.74) is 2.34. The number of hydrogen-bond donors (Lipinski definition) is 0. The van der Waals surface area contributed by atoms with E-state index in [2.05, 4.69) is 11.3 Å². The Morgan fingerprint density at radius 3 is 2.20 bits per heavy atom. The maximum Gasteiger partial charge on any atom is 0.256 e. The number of carbonyl (C=O) groups is 2. The predicted molar refractivity (Wildman–Crippen MR) is 113 cm³/mol. The fraction of sp³-hybridized carbons (Fsp3) is 0.381. The Hall–Kier alpha value is -2.94. The third-order valence-electron chi connectivity index (χ3n) is 5.53. The molecule has 0 N–H and O–H groups in total. The van der Waals surface area contributed by atoms with Crippen molar-refractivity contribution in [2.24, 2.45) is 4.40 Å². The van der Waals surface area contributed by atoms with Crippen LogP contribution in [0.5, 0.6) is 0 Å². The minimum Gasteiger partial charge on any atom is -0.335 e. The first-order chi connectivity index (χ1) is 14.4. The lowest BCUT2D eigenvalue weighted by molar-refractivity contribution is -0.128. The topological polar surface area (TPSA) is 90.4 Å². The van der Waals surface area contributed by atoms with Crippen LogP contribution in [-0.2, 0) is 21.2 Å². The standard InChI is InChI=1S/C21H24N4O4S/c1-2-16-3-5-17(6-4-16)20(26)23-9-11-24(12-10-23)21(27)18-7-8-19-22-30(28,29)14-13-25(19)15-18/h3-8,15H,2,9-14H2,1H3. The van der Waals surface area contributed by atoms with Crippen LogP contribution in [0, 0.1) is 0 Å². The Labute approximate surface area is 176 Å². The first-order valence-electron chi connectivity index (χ1n) is 10.0. The van der Waals surface area contributed by atoms with Crippen molar-refractivity contribution in [1.82, 2.24) is 14.7 Å². The largest absolute Gasteiger partial charge is 0.335 e. The van der Waals surface area contributed by atoms with Crippen LogP contribution in [0.25, 0.3) is 0 Å². The molecule has 0 bridgehead atoms. The minimum absolute atomic E-state index is 0.0168. The fourth-order valence-electron chi connectivity index (χ4n) is 3.69. The second-order valence-corrected chi connectivity index (χ2v) is 9.24. The summed E-state index contributed by atoms with van der Waals surface area (Å²) in [4.78, 5) is 30.8. The molecule has 3 aliphatic heterocycles. The highest BCUT2D eigenvalue weighted by molar-refractivity contribution is 7.90. The fourth-order valence-corrected chi connectivity index (χ4v) is 4.66. The Kier molecular flexibility index (Phi) is 5.46. The van der Waals surface area contributed by atoms with Gasteiger partial charge in [-0.15, -0.1) is 4.40 Å². The quantitative estimate of drug-likeness (QED) is 0.717. The Bertz CT molecular complexity index is 1050. The van der Waals surface area contributed by atoms with Gasteiger partial charge >= 0.3 is 0 Å². The Morgan fingerprint density at radius 2 is 1.57 bits per heavy atom. The van der Waals surface area contributed by atoms with Crippen molar-refractivity contribution in [2.45, 2.75) is 13.3 Å². The van der Waals surface area contributed by atoms with Gasteiger partial charge in [0.2, 0.25) is 0 Å². The number of hydrogen-bond acceptors (Lipinski definition) is 5. The number of rotatable bonds is 3. The highest BCUT2D eigenvalue weighted by atomic mass is 32.2. The van der Waals surface area contributed by atoms with Crippen molar-refractivity contribution >= 4 is 27.7 Å². The van der Waals surface area contributed by atoms with Crippen LogP contribution in [0.2, 0.25) is 0 Å². The van der Waals surface area contributed by atoms with Crippen LogP contribution in [0.15, 0.2) is 52.6 Å². The molecular formula is C21H24N4O4S. The molecule has 1 fully saturated rings. The zero-order chi connectivity index (χ0) is 21.3. The van der Waals surface area contributed by atoms with E-state index in [-0.39, 0.29) is 24.1 Å². The summed E-state index contributed by atoms with van der Waals surface area (Å²) >= 11 is 0. The van der Waals surface area contributed by atoms with Gasteiger partial charge in [-0.25, -0.2) is 8.42 Å². The maximum absolute atomic E-state index is 12.9. The summed E-state index contributed by atoms with van der Waals surface area (Å²) in [7, 11) is -3.42. The number of piperazine rings is 1. The lowest BCUT2D eigenvalue weighted by atomic mass is 10.1. The first kappa shape index (κ1) is 20.3. The number of carbonyl (C=O) groups excluding carboxylic acids is 2. The molecule has 0 saturated carbocycles. The smallest absolute Gasteiger partial charge is 0.256 e. The van der Waals surface area contributed by atoms with E-state index in [9.17, 15) is 18.0 Å². The van der Waals surface area contributed by atoms with Crippen LogP contribution in [0.4, 0.5) is 0 Å². The summed E-state index contributed by atoms with van der Waals surface area (Å²) in [6.45, 7) is 4.22. The molecule has 0 aliphatic carbocycles. The lowest BCUT2D eigenvalue weighted by Gasteiger charge is -2.36. The van der Waals surface area contributed by atoms with Crippen molar-refractivity contribution in [1.29, 1.82) is 0 Å². The van der Waals surface area contributed by atoms with Crippen molar-refractivity contribution in [2.75, 3.05) is 38.5 Å². The molecular weight excluding hydrogens is 404 g/mol. The molecule has 158 valence electrons. The number of sulfonamides is 1. The highest BCUT2D eigenvalue weighted by Crippen LogP contribution is 2.18. The van der Waals surface area contributed by atoms with Gasteiger partial charge in [-0.2, -0.15) is 0 Å². The number of amides is 2. The summed E-state index contributed by atoms with van der Waals surface area (Å²) in [5, 5.41) is 0. The van der Waals surface area contributed by atoms with Gasteiger partial charge in [0.05, 0.1) is 11.3 Å². The molecule has 3 heterocycles. The molecule has 0 spiro atoms. The third kappa shape index (κ3) is 4.16. The third-order valence-corrected chi connectivity index (χ3v) is 6.70. The van der Waals surface area contributed by atoms with Crippen LogP contribution in [-0.4, -0.2) is 79.2 Å². The van der Waals surface area contributed by atoms with Gasteiger partial charge in [-0.05, 0) is 36.3 Å². The van der Waals surface area contributed by atoms with E-state index in [1.165, 1.54) is 5.56 Å². The van der Waals surface area contributed by atoms with Crippen LogP contribution in [0.1, 0.15) is 22.8 Å². The normalized spacial score (nSPS) is 20.4. The first-order valence-corrected chi connectivity index (χ1v) is 11.6. The molecule has 0 radical (unpaired) electrons. The van der Waals surface area contributed by atoms with Crippen LogP contribution < -0.4 is 0 Å². The molecule has 1 aromatic carbocycles. The van der Waals surface area contributed by atoms with E-state index in [1.54, 1.807) is 33.1 Å². The average molecular weight is 429 g/mol. The van der Waals surface area contributed by atoms with Crippen LogP contribution in [0.3, 0.4) is 0 Å². The van der Waals surface area contributed by atoms with Gasteiger partial charge in [0.15, 0.2) is 0 Å². The van der Waals surface area contributed by atoms with Crippen molar-refractivity contribution in [3.63, 3.8) is 0 Å². The lowest BCUT2D eigenvalue weighted by Crippen LogP contribution is -2.51. The molecule has 0 aromatic heterocycles. The van der Waals surface area contributed by atoms with E-state index in [1.807, 2.05) is 24.3 Å². The molecule has 0 unspecified atom stereocenters. The zero-order valence-corrected chi connectivity index (χ0v) is 17.6. The Balaban J connectivity index is 1.37. The van der Waals surface area contributed by atoms with Crippen molar-refractivity contribution in [3.05, 3.63) is 59.3 Å². The number of aryl methyl sites for hydroxylation is 1. The molecule has 2 amide bonds. The molecule has 1 saturated heterocycles. The van der Waals surface area contributed by atoms with Gasteiger partial charge in [-0.1, -0.05) is 19.1 Å². The summed E-state index contributed by atoms with van der Waals surface area (Å²) < 4.78 is 27.0. The summed E-state index contributed by atoms with van der Waals surface area (Å²) in [6, 6.07) is 7.65. The van der Waals surface area contributed by atoms with E-state index in [0.29, 0.717) is 43.2 Å². The SMILES string of the molecule is CCc1ccc(C(=O)N2CCN(C(=O)C3=CN4CCS(=O)(=O)N=C4C=C3)CC2)cc1. The van der Waals surface area contributed by atoms with Gasteiger partial charge in [-0.3, -0.25) is 9.59 Å². The van der Waals surface area contributed by atoms with Crippen LogP contribution >= 0.6 is 0 Å². The van der Waals surface area contributed by atoms with E-state index in [0.717, 1.165) is 6.42 Å². The monoisotopic (exact) mass is 428 g/mol. The van der Waals surface area contributed by atoms with E-state index >= 15 is 0 Å². The summed E-state index contributed by atoms with van der Waals surface area (Å²) in [5.74, 6) is 0.125. The summed E-state index contributed by atoms with van der Waals surface area (Å²) in [6.07, 6.45) is 5.75. The number of fused-ring (bicyclic) bond motifs is 1. The predicted octanol–water partition coefficient (Wildman–Crippen LogP) is 1.03. The number of benzene rings is 1. The number of nitrogens with zero attached hydrogens (tertiary/aromatic N) is 4. The van der Waals surface area contributed by atoms with Gasteiger partial charge in [0, 0.05) is 44.5 Å². The molecule has 1 aromatic rings. The minimum atomic E-state index is -3.42. The Morgan fingerprint density at radius 1 is 0.933 bits per heavy atom. The molecule has 9 heteroatoms. The van der Waals surface area contributed by atoms with Gasteiger partial charge < -0.3 is 14.7 Å². The molecule has 8 nitrogen and oxygen atoms in total. The number of amidine groups is 1. The van der Waals surface area contributed by atoms with Crippen molar-refractivity contribution in [3.8, 4) is 0 Å². The van der Waals surface area contributed by atoms with Gasteiger partial charge in [0.25, 0.3) is 21.8 Å². The second-order valence-electron chi connectivity index (χ2n) is 7.48. The zero-order valence-electron chi connectivity index (χ0n) is 16.8. The molecule has 4 rings (SSSR count).